The van der Waals surface area contributed by atoms with Crippen molar-refractivity contribution in [3.8, 4) is 11.3 Å². The molecule has 1 aromatic heterocycles. The summed E-state index contributed by atoms with van der Waals surface area (Å²) in [6.07, 6.45) is 0. The summed E-state index contributed by atoms with van der Waals surface area (Å²) >= 11 is 9.49. The lowest BCUT2D eigenvalue weighted by atomic mass is 9.92. The molecule has 2 aromatic rings. The first-order chi connectivity index (χ1) is 7.89. The average molecular weight is 314 g/mol. The van der Waals surface area contributed by atoms with Gasteiger partial charge in [0.15, 0.2) is 0 Å². The van der Waals surface area contributed by atoms with E-state index in [0.29, 0.717) is 0 Å². The highest BCUT2D eigenvalue weighted by Gasteiger charge is 2.22. The standard InChI is InChI=1S/C13H14BrClN2/c1-13(2,3)12-10(14)11(16-17-12)8-4-6-9(15)7-5-8/h4-7H,1-3H3,(H,16,17). The molecule has 1 N–H and O–H groups in total. The van der Waals surface area contributed by atoms with E-state index in [1.165, 1.54) is 0 Å². The molecule has 0 unspecified atom stereocenters. The molecule has 0 spiro atoms. The third kappa shape index (κ3) is 2.55. The number of hydrogen-bond acceptors (Lipinski definition) is 1. The molecule has 0 bridgehead atoms. The molecule has 0 saturated heterocycles. The summed E-state index contributed by atoms with van der Waals surface area (Å²) in [5.74, 6) is 0. The molecule has 2 rings (SSSR count). The molecular formula is C13H14BrClN2. The van der Waals surface area contributed by atoms with Crippen LogP contribution in [-0.4, -0.2) is 10.2 Å². The minimum Gasteiger partial charge on any atom is -0.280 e. The normalized spacial score (nSPS) is 11.8. The zero-order chi connectivity index (χ0) is 12.6. The first kappa shape index (κ1) is 12.7. The van der Waals surface area contributed by atoms with E-state index in [-0.39, 0.29) is 5.41 Å². The van der Waals surface area contributed by atoms with Gasteiger partial charge in [-0.15, -0.1) is 0 Å². The second-order valence-electron chi connectivity index (χ2n) is 5.02. The predicted molar refractivity (Wildman–Crippen MR) is 75.4 cm³/mol. The summed E-state index contributed by atoms with van der Waals surface area (Å²) in [7, 11) is 0. The second kappa shape index (κ2) is 4.46. The topological polar surface area (TPSA) is 28.7 Å². The lowest BCUT2D eigenvalue weighted by molar-refractivity contribution is 0.564. The minimum absolute atomic E-state index is 0.0382. The molecule has 4 heteroatoms. The van der Waals surface area contributed by atoms with Crippen LogP contribution in [0.4, 0.5) is 0 Å². The van der Waals surface area contributed by atoms with Crippen LogP contribution >= 0.6 is 27.5 Å². The van der Waals surface area contributed by atoms with E-state index in [4.69, 9.17) is 11.6 Å². The number of rotatable bonds is 1. The van der Waals surface area contributed by atoms with Crippen molar-refractivity contribution in [1.29, 1.82) is 0 Å². The van der Waals surface area contributed by atoms with Crippen LogP contribution < -0.4 is 0 Å². The molecular weight excluding hydrogens is 300 g/mol. The van der Waals surface area contributed by atoms with Gasteiger partial charge in [-0.2, -0.15) is 5.10 Å². The molecule has 90 valence electrons. The molecule has 0 aliphatic heterocycles. The van der Waals surface area contributed by atoms with Gasteiger partial charge in [-0.05, 0) is 28.1 Å². The molecule has 0 aliphatic rings. The highest BCUT2D eigenvalue weighted by Crippen LogP contribution is 2.35. The van der Waals surface area contributed by atoms with Crippen molar-refractivity contribution in [3.05, 3.63) is 39.5 Å². The van der Waals surface area contributed by atoms with Gasteiger partial charge < -0.3 is 0 Å². The summed E-state index contributed by atoms with van der Waals surface area (Å²) in [4.78, 5) is 0. The molecule has 2 nitrogen and oxygen atoms in total. The van der Waals surface area contributed by atoms with E-state index in [0.717, 1.165) is 26.4 Å². The third-order valence-corrected chi connectivity index (χ3v) is 3.60. The Hall–Kier alpha value is -0.800. The van der Waals surface area contributed by atoms with Crippen LogP contribution in [0.2, 0.25) is 5.02 Å². The first-order valence-electron chi connectivity index (χ1n) is 5.40. The molecule has 0 aliphatic carbocycles. The first-order valence-corrected chi connectivity index (χ1v) is 6.57. The lowest BCUT2D eigenvalue weighted by Crippen LogP contribution is -2.12. The highest BCUT2D eigenvalue weighted by molar-refractivity contribution is 9.10. The number of aromatic nitrogens is 2. The van der Waals surface area contributed by atoms with Gasteiger partial charge in [0, 0.05) is 16.0 Å². The van der Waals surface area contributed by atoms with Gasteiger partial charge in [-0.1, -0.05) is 44.5 Å². The van der Waals surface area contributed by atoms with E-state index in [9.17, 15) is 0 Å². The number of benzene rings is 1. The molecule has 1 aromatic carbocycles. The summed E-state index contributed by atoms with van der Waals surface area (Å²) in [6, 6.07) is 7.68. The predicted octanol–water partition coefficient (Wildman–Crippen LogP) is 4.79. The van der Waals surface area contributed by atoms with Crippen LogP contribution in [0.25, 0.3) is 11.3 Å². The second-order valence-corrected chi connectivity index (χ2v) is 6.25. The van der Waals surface area contributed by atoms with Gasteiger partial charge in [0.1, 0.15) is 5.69 Å². The van der Waals surface area contributed by atoms with Gasteiger partial charge in [0.05, 0.1) is 10.2 Å². The van der Waals surface area contributed by atoms with Crippen LogP contribution in [0.5, 0.6) is 0 Å². The van der Waals surface area contributed by atoms with Crippen molar-refractivity contribution in [2.45, 2.75) is 26.2 Å². The van der Waals surface area contributed by atoms with E-state index in [1.54, 1.807) is 0 Å². The number of hydrogen-bond donors (Lipinski definition) is 1. The summed E-state index contributed by atoms with van der Waals surface area (Å²) in [5.41, 5.74) is 3.11. The van der Waals surface area contributed by atoms with E-state index < -0.39 is 0 Å². The fraction of sp³-hybridized carbons (Fsp3) is 0.308. The summed E-state index contributed by atoms with van der Waals surface area (Å²) in [6.45, 7) is 6.45. The largest absolute Gasteiger partial charge is 0.280 e. The third-order valence-electron chi connectivity index (χ3n) is 2.57. The van der Waals surface area contributed by atoms with E-state index in [1.807, 2.05) is 24.3 Å². The Bertz CT molecular complexity index is 523. The van der Waals surface area contributed by atoms with Crippen molar-refractivity contribution < 1.29 is 0 Å². The quantitative estimate of drug-likeness (QED) is 0.805. The Morgan fingerprint density at radius 1 is 1.18 bits per heavy atom. The van der Waals surface area contributed by atoms with Crippen LogP contribution in [-0.2, 0) is 5.41 Å². The van der Waals surface area contributed by atoms with Crippen LogP contribution in [0.1, 0.15) is 26.5 Å². The number of nitrogens with zero attached hydrogens (tertiary/aromatic N) is 1. The Morgan fingerprint density at radius 2 is 1.76 bits per heavy atom. The number of halogens is 2. The van der Waals surface area contributed by atoms with Crippen LogP contribution in [0, 0.1) is 0 Å². The average Bonchev–Trinajstić information content (AvgIpc) is 2.61. The molecule has 0 radical (unpaired) electrons. The number of nitrogens with one attached hydrogen (secondary N) is 1. The molecule has 0 saturated carbocycles. The van der Waals surface area contributed by atoms with Crippen molar-refractivity contribution in [2.75, 3.05) is 0 Å². The number of H-pyrrole nitrogens is 1. The van der Waals surface area contributed by atoms with Gasteiger partial charge in [0.2, 0.25) is 0 Å². The van der Waals surface area contributed by atoms with Gasteiger partial charge in [-0.3, -0.25) is 5.10 Å². The van der Waals surface area contributed by atoms with E-state index >= 15 is 0 Å². The van der Waals surface area contributed by atoms with E-state index in [2.05, 4.69) is 46.9 Å². The van der Waals surface area contributed by atoms with Gasteiger partial charge >= 0.3 is 0 Å². The highest BCUT2D eigenvalue weighted by atomic mass is 79.9. The van der Waals surface area contributed by atoms with Crippen LogP contribution in [0.3, 0.4) is 0 Å². The summed E-state index contributed by atoms with van der Waals surface area (Å²) < 4.78 is 1.02. The maximum Gasteiger partial charge on any atom is 0.107 e. The molecule has 0 fully saturated rings. The van der Waals surface area contributed by atoms with Crippen molar-refractivity contribution >= 4 is 27.5 Å². The Morgan fingerprint density at radius 3 is 2.24 bits per heavy atom. The maximum atomic E-state index is 5.88. The Labute approximate surface area is 115 Å². The SMILES string of the molecule is CC(C)(C)c1[nH]nc(-c2ccc(Cl)cc2)c1Br. The molecule has 0 atom stereocenters. The van der Waals surface area contributed by atoms with Crippen molar-refractivity contribution in [3.63, 3.8) is 0 Å². The van der Waals surface area contributed by atoms with Crippen molar-refractivity contribution in [1.82, 2.24) is 10.2 Å². The van der Waals surface area contributed by atoms with Gasteiger partial charge in [0.25, 0.3) is 0 Å². The number of aromatic amines is 1. The molecule has 0 amide bonds. The zero-order valence-corrected chi connectivity index (χ0v) is 12.4. The molecule has 1 heterocycles. The Balaban J connectivity index is 2.48. The maximum absolute atomic E-state index is 5.88. The fourth-order valence-corrected chi connectivity index (χ4v) is 2.75. The Kier molecular flexibility index (Phi) is 3.32. The molecule has 17 heavy (non-hydrogen) atoms. The van der Waals surface area contributed by atoms with Crippen LogP contribution in [0.15, 0.2) is 28.7 Å². The monoisotopic (exact) mass is 312 g/mol. The van der Waals surface area contributed by atoms with Gasteiger partial charge in [-0.25, -0.2) is 0 Å². The minimum atomic E-state index is 0.0382. The van der Waals surface area contributed by atoms with Crippen molar-refractivity contribution in [2.24, 2.45) is 0 Å². The fourth-order valence-electron chi connectivity index (χ4n) is 1.62. The smallest absolute Gasteiger partial charge is 0.107 e. The lowest BCUT2D eigenvalue weighted by Gasteiger charge is -2.16. The zero-order valence-electron chi connectivity index (χ0n) is 10.0. The summed E-state index contributed by atoms with van der Waals surface area (Å²) in [5, 5.41) is 8.20.